The molecule has 0 radical (unpaired) electrons. The monoisotopic (exact) mass is 354 g/mol. The summed E-state index contributed by atoms with van der Waals surface area (Å²) in [5.41, 5.74) is 5.41. The molecule has 0 saturated heterocycles. The number of halogens is 1. The first-order chi connectivity index (χ1) is 12.0. The molecular formula is C19H15ClN2O3. The van der Waals surface area contributed by atoms with Gasteiger partial charge < -0.3 is 5.11 Å². The summed E-state index contributed by atoms with van der Waals surface area (Å²) in [6.07, 6.45) is 0.118. The summed E-state index contributed by atoms with van der Waals surface area (Å²) in [7, 11) is 0. The topological polar surface area (TPSA) is 78.4 Å². The van der Waals surface area contributed by atoms with Gasteiger partial charge in [0.1, 0.15) is 5.75 Å². The highest BCUT2D eigenvalue weighted by molar-refractivity contribution is 6.31. The highest BCUT2D eigenvalue weighted by Gasteiger charge is 2.13. The Bertz CT molecular complexity index is 956. The summed E-state index contributed by atoms with van der Waals surface area (Å²) in [5, 5.41) is 12.1. The van der Waals surface area contributed by atoms with Crippen molar-refractivity contribution in [2.24, 2.45) is 0 Å². The van der Waals surface area contributed by atoms with Crippen molar-refractivity contribution < 1.29 is 14.7 Å². The number of rotatable bonds is 3. The Balaban J connectivity index is 1.62. The van der Waals surface area contributed by atoms with E-state index in [4.69, 9.17) is 11.6 Å². The number of benzene rings is 3. The Morgan fingerprint density at radius 2 is 1.68 bits per heavy atom. The number of carbonyl (C=O) groups excluding carboxylic acids is 2. The average Bonchev–Trinajstić information content (AvgIpc) is 2.61. The van der Waals surface area contributed by atoms with Gasteiger partial charge in [-0.15, -0.1) is 0 Å². The fraction of sp³-hybridized carbons (Fsp3) is 0.0526. The maximum atomic E-state index is 12.0. The molecule has 25 heavy (non-hydrogen) atoms. The SMILES string of the molecule is O=C(Cc1ccc2ccccc2c1)NNC(=O)c1cc(Cl)ccc1O. The molecule has 0 heterocycles. The van der Waals surface area contributed by atoms with Crippen LogP contribution in [0, 0.1) is 0 Å². The van der Waals surface area contributed by atoms with E-state index >= 15 is 0 Å². The van der Waals surface area contributed by atoms with Gasteiger partial charge in [-0.3, -0.25) is 20.4 Å². The van der Waals surface area contributed by atoms with Gasteiger partial charge in [-0.25, -0.2) is 0 Å². The largest absolute Gasteiger partial charge is 0.507 e. The number of phenolic OH excluding ortho intramolecular Hbond substituents is 1. The van der Waals surface area contributed by atoms with Gasteiger partial charge in [0.2, 0.25) is 5.91 Å². The van der Waals surface area contributed by atoms with E-state index in [0.717, 1.165) is 16.3 Å². The van der Waals surface area contributed by atoms with Crippen molar-refractivity contribution in [3.63, 3.8) is 0 Å². The lowest BCUT2D eigenvalue weighted by atomic mass is 10.1. The minimum absolute atomic E-state index is 0.0153. The third-order valence-electron chi connectivity index (χ3n) is 3.70. The van der Waals surface area contributed by atoms with Crippen molar-refractivity contribution in [1.29, 1.82) is 0 Å². The number of nitrogens with one attached hydrogen (secondary N) is 2. The number of hydrazine groups is 1. The van der Waals surface area contributed by atoms with Crippen molar-refractivity contribution in [3.05, 3.63) is 76.8 Å². The summed E-state index contributed by atoms with van der Waals surface area (Å²) < 4.78 is 0. The zero-order valence-electron chi connectivity index (χ0n) is 13.1. The first kappa shape index (κ1) is 16.8. The number of hydrogen-bond donors (Lipinski definition) is 3. The van der Waals surface area contributed by atoms with E-state index in [2.05, 4.69) is 10.9 Å². The van der Waals surface area contributed by atoms with E-state index in [1.807, 2.05) is 42.5 Å². The summed E-state index contributed by atoms with van der Waals surface area (Å²) >= 11 is 5.80. The Kier molecular flexibility index (Phi) is 4.86. The molecule has 0 fully saturated rings. The molecule has 0 aliphatic rings. The predicted molar refractivity (Wildman–Crippen MR) is 96.4 cm³/mol. The Hall–Kier alpha value is -3.05. The van der Waals surface area contributed by atoms with Gasteiger partial charge in [0, 0.05) is 5.02 Å². The molecular weight excluding hydrogens is 340 g/mol. The Morgan fingerprint density at radius 3 is 2.48 bits per heavy atom. The molecule has 0 aliphatic heterocycles. The summed E-state index contributed by atoms with van der Waals surface area (Å²) in [5.74, 6) is -1.23. The lowest BCUT2D eigenvalue weighted by Gasteiger charge is -2.09. The molecule has 0 atom stereocenters. The first-order valence-corrected chi connectivity index (χ1v) is 7.96. The van der Waals surface area contributed by atoms with Crippen molar-refractivity contribution in [3.8, 4) is 5.75 Å². The lowest BCUT2D eigenvalue weighted by molar-refractivity contribution is -0.121. The Morgan fingerprint density at radius 1 is 0.920 bits per heavy atom. The van der Waals surface area contributed by atoms with Crippen LogP contribution in [0.4, 0.5) is 0 Å². The molecule has 126 valence electrons. The third-order valence-corrected chi connectivity index (χ3v) is 3.93. The fourth-order valence-electron chi connectivity index (χ4n) is 2.46. The number of carbonyl (C=O) groups is 2. The van der Waals surface area contributed by atoms with E-state index in [0.29, 0.717) is 5.02 Å². The quantitative estimate of drug-likeness (QED) is 0.632. The number of amides is 2. The van der Waals surface area contributed by atoms with Crippen LogP contribution in [0.3, 0.4) is 0 Å². The van der Waals surface area contributed by atoms with Crippen LogP contribution in [-0.4, -0.2) is 16.9 Å². The zero-order valence-corrected chi connectivity index (χ0v) is 13.9. The molecule has 0 aromatic heterocycles. The normalized spacial score (nSPS) is 10.4. The zero-order chi connectivity index (χ0) is 17.8. The molecule has 6 heteroatoms. The molecule has 0 spiro atoms. The first-order valence-electron chi connectivity index (χ1n) is 7.58. The molecule has 3 aromatic rings. The van der Waals surface area contributed by atoms with E-state index in [9.17, 15) is 14.7 Å². The smallest absolute Gasteiger partial charge is 0.273 e. The number of aromatic hydroxyl groups is 1. The predicted octanol–water partition coefficient (Wildman–Crippen LogP) is 3.20. The molecule has 3 rings (SSSR count). The summed E-state index contributed by atoms with van der Waals surface area (Å²) in [6, 6.07) is 17.7. The van der Waals surface area contributed by atoms with Crippen LogP contribution in [0.25, 0.3) is 10.8 Å². The van der Waals surface area contributed by atoms with Crippen molar-refractivity contribution >= 4 is 34.2 Å². The van der Waals surface area contributed by atoms with Crippen LogP contribution in [-0.2, 0) is 11.2 Å². The second kappa shape index (κ2) is 7.23. The van der Waals surface area contributed by atoms with Crippen LogP contribution in [0.5, 0.6) is 5.75 Å². The second-order valence-corrected chi connectivity index (χ2v) is 5.96. The van der Waals surface area contributed by atoms with Gasteiger partial charge in [-0.2, -0.15) is 0 Å². The van der Waals surface area contributed by atoms with E-state index in [-0.39, 0.29) is 23.6 Å². The maximum Gasteiger partial charge on any atom is 0.273 e. The standard InChI is InChI=1S/C19H15ClN2O3/c20-15-7-8-17(23)16(11-15)19(25)22-21-18(24)10-12-5-6-13-3-1-2-4-14(13)9-12/h1-9,11,23H,10H2,(H,21,24)(H,22,25). The molecule has 0 bridgehead atoms. The second-order valence-electron chi connectivity index (χ2n) is 5.52. The van der Waals surface area contributed by atoms with Crippen LogP contribution < -0.4 is 10.9 Å². The third kappa shape index (κ3) is 4.08. The lowest BCUT2D eigenvalue weighted by Crippen LogP contribution is -2.42. The molecule has 0 aliphatic carbocycles. The van der Waals surface area contributed by atoms with Gasteiger partial charge >= 0.3 is 0 Å². The van der Waals surface area contributed by atoms with Crippen molar-refractivity contribution in [1.82, 2.24) is 10.9 Å². The fourth-order valence-corrected chi connectivity index (χ4v) is 2.63. The highest BCUT2D eigenvalue weighted by Crippen LogP contribution is 2.21. The van der Waals surface area contributed by atoms with E-state index in [1.165, 1.54) is 18.2 Å². The van der Waals surface area contributed by atoms with Gasteiger partial charge in [-0.1, -0.05) is 54.1 Å². The van der Waals surface area contributed by atoms with E-state index < -0.39 is 5.91 Å². The molecule has 3 aromatic carbocycles. The van der Waals surface area contributed by atoms with Gasteiger partial charge in [0.15, 0.2) is 0 Å². The van der Waals surface area contributed by atoms with Crippen LogP contribution in [0.15, 0.2) is 60.7 Å². The van der Waals surface area contributed by atoms with Gasteiger partial charge in [0.25, 0.3) is 5.91 Å². The summed E-state index contributed by atoms with van der Waals surface area (Å²) in [6.45, 7) is 0. The van der Waals surface area contributed by atoms with Gasteiger partial charge in [-0.05, 0) is 34.5 Å². The van der Waals surface area contributed by atoms with Crippen molar-refractivity contribution in [2.45, 2.75) is 6.42 Å². The summed E-state index contributed by atoms with van der Waals surface area (Å²) in [4.78, 5) is 24.0. The van der Waals surface area contributed by atoms with Crippen molar-refractivity contribution in [2.75, 3.05) is 0 Å². The minimum atomic E-state index is -0.646. The molecule has 0 unspecified atom stereocenters. The van der Waals surface area contributed by atoms with Crippen LogP contribution >= 0.6 is 11.6 Å². The molecule has 5 nitrogen and oxygen atoms in total. The molecule has 2 amide bonds. The van der Waals surface area contributed by atoms with Crippen LogP contribution in [0.2, 0.25) is 5.02 Å². The number of hydrogen-bond acceptors (Lipinski definition) is 3. The van der Waals surface area contributed by atoms with E-state index in [1.54, 1.807) is 0 Å². The highest BCUT2D eigenvalue weighted by atomic mass is 35.5. The molecule has 0 saturated carbocycles. The number of phenols is 1. The van der Waals surface area contributed by atoms with Crippen LogP contribution in [0.1, 0.15) is 15.9 Å². The average molecular weight is 355 g/mol. The van der Waals surface area contributed by atoms with Gasteiger partial charge in [0.05, 0.1) is 12.0 Å². The number of fused-ring (bicyclic) bond motifs is 1. The maximum absolute atomic E-state index is 12.0. The minimum Gasteiger partial charge on any atom is -0.507 e. The molecule has 3 N–H and O–H groups in total. The Labute approximate surface area is 149 Å².